The van der Waals surface area contributed by atoms with Crippen LogP contribution in [0.2, 0.25) is 0 Å². The normalized spacial score (nSPS) is 14.4. The van der Waals surface area contributed by atoms with Crippen molar-refractivity contribution in [3.63, 3.8) is 0 Å². The van der Waals surface area contributed by atoms with Gasteiger partial charge in [-0.1, -0.05) is 13.8 Å². The van der Waals surface area contributed by atoms with Crippen molar-refractivity contribution < 1.29 is 23.9 Å². The fraction of sp³-hybridized carbons (Fsp3) is 0.474. The predicted octanol–water partition coefficient (Wildman–Crippen LogP) is 1.94. The van der Waals surface area contributed by atoms with Crippen molar-refractivity contribution in [3.8, 4) is 5.75 Å². The molecule has 0 saturated heterocycles. The molecule has 7 nitrogen and oxygen atoms in total. The van der Waals surface area contributed by atoms with Crippen LogP contribution >= 0.6 is 0 Å². The molecule has 0 spiro atoms. The molecule has 140 valence electrons. The molecular formula is C19H24N2O5. The Hall–Kier alpha value is -2.70. The van der Waals surface area contributed by atoms with Crippen LogP contribution in [0.1, 0.15) is 60.2 Å². The average Bonchev–Trinajstić information content (AvgIpc) is 2.90. The zero-order valence-corrected chi connectivity index (χ0v) is 15.3. The van der Waals surface area contributed by atoms with E-state index < -0.39 is 23.8 Å². The topological polar surface area (TPSA) is 92.8 Å². The van der Waals surface area contributed by atoms with Gasteiger partial charge in [-0.15, -0.1) is 0 Å². The van der Waals surface area contributed by atoms with Crippen LogP contribution in [-0.4, -0.2) is 48.1 Å². The Kier molecular flexibility index (Phi) is 6.49. The first-order valence-electron chi connectivity index (χ1n) is 8.82. The monoisotopic (exact) mass is 360 g/mol. The molecule has 2 rings (SSSR count). The largest absolute Gasteiger partial charge is 0.490 e. The lowest BCUT2D eigenvalue weighted by atomic mass is 10.1. The van der Waals surface area contributed by atoms with Gasteiger partial charge in [0.15, 0.2) is 0 Å². The van der Waals surface area contributed by atoms with E-state index in [1.54, 1.807) is 18.2 Å². The summed E-state index contributed by atoms with van der Waals surface area (Å²) in [5.41, 5.74) is 0.463. The second-order valence-corrected chi connectivity index (χ2v) is 6.12. The van der Waals surface area contributed by atoms with Crippen molar-refractivity contribution in [3.05, 3.63) is 29.3 Å². The molecule has 1 aliphatic rings. The maximum Gasteiger partial charge on any atom is 0.262 e. The Balaban J connectivity index is 2.32. The molecule has 1 unspecified atom stereocenters. The van der Waals surface area contributed by atoms with E-state index in [9.17, 15) is 19.2 Å². The molecule has 1 aromatic carbocycles. The highest BCUT2D eigenvalue weighted by Gasteiger charge is 2.42. The number of benzene rings is 1. The van der Waals surface area contributed by atoms with Gasteiger partial charge in [-0.05, 0) is 37.5 Å². The first kappa shape index (κ1) is 19.6. The number of amides is 3. The molecule has 0 bridgehead atoms. The van der Waals surface area contributed by atoms with Crippen LogP contribution in [0.25, 0.3) is 0 Å². The SMILES string of the molecule is CCC(CC)Oc1ccc2c(c1)C(=O)N(C(CCC=O)C(=O)NC)C2=O. The summed E-state index contributed by atoms with van der Waals surface area (Å²) in [4.78, 5) is 49.2. The van der Waals surface area contributed by atoms with Gasteiger partial charge in [0.1, 0.15) is 18.1 Å². The number of carbonyl (C=O) groups is 4. The van der Waals surface area contributed by atoms with Crippen LogP contribution < -0.4 is 10.1 Å². The summed E-state index contributed by atoms with van der Waals surface area (Å²) in [6.07, 6.45) is 2.52. The fourth-order valence-corrected chi connectivity index (χ4v) is 3.01. The van der Waals surface area contributed by atoms with E-state index >= 15 is 0 Å². The lowest BCUT2D eigenvalue weighted by molar-refractivity contribution is -0.124. The third-order valence-corrected chi connectivity index (χ3v) is 4.52. The van der Waals surface area contributed by atoms with Crippen LogP contribution in [0.3, 0.4) is 0 Å². The van der Waals surface area contributed by atoms with Crippen molar-refractivity contribution in [2.45, 2.75) is 51.7 Å². The van der Waals surface area contributed by atoms with E-state index in [2.05, 4.69) is 5.32 Å². The minimum absolute atomic E-state index is 0.0302. The number of carbonyl (C=O) groups excluding carboxylic acids is 4. The van der Waals surface area contributed by atoms with E-state index in [1.165, 1.54) is 7.05 Å². The van der Waals surface area contributed by atoms with Gasteiger partial charge in [0.05, 0.1) is 17.2 Å². The molecule has 0 saturated carbocycles. The second-order valence-electron chi connectivity index (χ2n) is 6.12. The highest BCUT2D eigenvalue weighted by molar-refractivity contribution is 6.23. The first-order valence-corrected chi connectivity index (χ1v) is 8.82. The molecule has 1 atom stereocenters. The van der Waals surface area contributed by atoms with Crippen molar-refractivity contribution in [2.24, 2.45) is 0 Å². The molecule has 1 N–H and O–H groups in total. The molecule has 0 radical (unpaired) electrons. The Bertz CT molecular complexity index is 712. The second kappa shape index (κ2) is 8.60. The fourth-order valence-electron chi connectivity index (χ4n) is 3.01. The van der Waals surface area contributed by atoms with E-state index in [0.29, 0.717) is 12.0 Å². The van der Waals surface area contributed by atoms with E-state index in [4.69, 9.17) is 4.74 Å². The Morgan fingerprint density at radius 1 is 1.19 bits per heavy atom. The number of aldehydes is 1. The quantitative estimate of drug-likeness (QED) is 0.537. The summed E-state index contributed by atoms with van der Waals surface area (Å²) in [5, 5.41) is 2.45. The van der Waals surface area contributed by atoms with Crippen LogP contribution in [0.5, 0.6) is 5.75 Å². The van der Waals surface area contributed by atoms with Gasteiger partial charge in [0.2, 0.25) is 5.91 Å². The van der Waals surface area contributed by atoms with Gasteiger partial charge in [0.25, 0.3) is 11.8 Å². The van der Waals surface area contributed by atoms with Crippen LogP contribution in [0.15, 0.2) is 18.2 Å². The summed E-state index contributed by atoms with van der Waals surface area (Å²) in [7, 11) is 1.43. The van der Waals surface area contributed by atoms with Crippen molar-refractivity contribution in [2.75, 3.05) is 7.05 Å². The summed E-state index contributed by atoms with van der Waals surface area (Å²) < 4.78 is 5.84. The molecule has 1 aromatic rings. The predicted molar refractivity (Wildman–Crippen MR) is 95.1 cm³/mol. The lowest BCUT2D eigenvalue weighted by Crippen LogP contribution is -2.48. The smallest absolute Gasteiger partial charge is 0.262 e. The van der Waals surface area contributed by atoms with Gasteiger partial charge in [-0.3, -0.25) is 19.3 Å². The number of hydrogen-bond donors (Lipinski definition) is 1. The standard InChI is InChI=1S/C19H24N2O5/c1-4-12(5-2)26-13-8-9-14-15(11-13)19(25)21(18(14)24)16(7-6-10-22)17(23)20-3/h8-12,16H,4-7H2,1-3H3,(H,20,23). The third-order valence-electron chi connectivity index (χ3n) is 4.52. The number of hydrogen-bond acceptors (Lipinski definition) is 5. The van der Waals surface area contributed by atoms with Crippen LogP contribution in [0.4, 0.5) is 0 Å². The number of rotatable bonds is 9. The summed E-state index contributed by atoms with van der Waals surface area (Å²) in [6.45, 7) is 4.03. The number of fused-ring (bicyclic) bond motifs is 1. The number of ether oxygens (including phenoxy) is 1. The van der Waals surface area contributed by atoms with Crippen LogP contribution in [0, 0.1) is 0 Å². The van der Waals surface area contributed by atoms with E-state index in [1.807, 2.05) is 13.8 Å². The van der Waals surface area contributed by atoms with Gasteiger partial charge < -0.3 is 14.8 Å². The summed E-state index contributed by atoms with van der Waals surface area (Å²) >= 11 is 0. The van der Waals surface area contributed by atoms with Crippen molar-refractivity contribution in [1.29, 1.82) is 0 Å². The van der Waals surface area contributed by atoms with Gasteiger partial charge >= 0.3 is 0 Å². The molecule has 0 aliphatic carbocycles. The molecule has 3 amide bonds. The molecular weight excluding hydrogens is 336 g/mol. The maximum atomic E-state index is 12.8. The number of nitrogens with one attached hydrogen (secondary N) is 1. The molecule has 0 aromatic heterocycles. The number of imide groups is 1. The zero-order chi connectivity index (χ0) is 19.3. The first-order chi connectivity index (χ1) is 12.5. The Morgan fingerprint density at radius 3 is 2.42 bits per heavy atom. The molecule has 1 heterocycles. The molecule has 1 aliphatic heterocycles. The number of likely N-dealkylation sites (N-methyl/N-ethyl adjacent to an activating group) is 1. The Labute approximate surface area is 152 Å². The van der Waals surface area contributed by atoms with Gasteiger partial charge in [-0.25, -0.2) is 0 Å². The number of nitrogens with zero attached hydrogens (tertiary/aromatic N) is 1. The minimum atomic E-state index is -1.01. The average molecular weight is 360 g/mol. The highest BCUT2D eigenvalue weighted by atomic mass is 16.5. The van der Waals surface area contributed by atoms with Gasteiger partial charge in [-0.2, -0.15) is 0 Å². The highest BCUT2D eigenvalue weighted by Crippen LogP contribution is 2.30. The van der Waals surface area contributed by atoms with Crippen LogP contribution in [-0.2, 0) is 9.59 Å². The summed E-state index contributed by atoms with van der Waals surface area (Å²) in [5.74, 6) is -1.03. The van der Waals surface area contributed by atoms with Crippen molar-refractivity contribution in [1.82, 2.24) is 10.2 Å². The minimum Gasteiger partial charge on any atom is -0.490 e. The maximum absolute atomic E-state index is 12.8. The van der Waals surface area contributed by atoms with E-state index in [-0.39, 0.29) is 30.1 Å². The van der Waals surface area contributed by atoms with E-state index in [0.717, 1.165) is 17.7 Å². The third kappa shape index (κ3) is 3.76. The van der Waals surface area contributed by atoms with Gasteiger partial charge in [0, 0.05) is 13.5 Å². The van der Waals surface area contributed by atoms with Crippen molar-refractivity contribution >= 4 is 24.0 Å². The lowest BCUT2D eigenvalue weighted by Gasteiger charge is -2.24. The molecule has 0 fully saturated rings. The summed E-state index contributed by atoms with van der Waals surface area (Å²) in [6, 6.07) is 3.75. The zero-order valence-electron chi connectivity index (χ0n) is 15.3. The molecule has 26 heavy (non-hydrogen) atoms. The Morgan fingerprint density at radius 2 is 1.85 bits per heavy atom. The molecule has 7 heteroatoms.